The van der Waals surface area contributed by atoms with Crippen molar-refractivity contribution in [3.8, 4) is 0 Å². The van der Waals surface area contributed by atoms with Crippen molar-refractivity contribution < 1.29 is 9.59 Å². The molecule has 1 unspecified atom stereocenters. The Morgan fingerprint density at radius 1 is 1.39 bits per heavy atom. The lowest BCUT2D eigenvalue weighted by molar-refractivity contribution is -0.121. The Balaban J connectivity index is 2.28. The molecule has 3 N–H and O–H groups in total. The normalized spacial score (nSPS) is 18.9. The molecule has 1 atom stereocenters. The molecule has 0 bridgehead atoms. The van der Waals surface area contributed by atoms with Gasteiger partial charge in [-0.15, -0.1) is 0 Å². The highest BCUT2D eigenvalue weighted by Gasteiger charge is 2.19. The summed E-state index contributed by atoms with van der Waals surface area (Å²) in [5.41, 5.74) is 0. The van der Waals surface area contributed by atoms with Crippen LogP contribution in [-0.2, 0) is 4.79 Å². The minimum Gasteiger partial charge on any atom is -0.338 e. The highest BCUT2D eigenvalue weighted by Crippen LogP contribution is 2.06. The van der Waals surface area contributed by atoms with E-state index in [4.69, 9.17) is 0 Å². The van der Waals surface area contributed by atoms with E-state index in [9.17, 15) is 9.59 Å². The van der Waals surface area contributed by atoms with Crippen LogP contribution < -0.4 is 16.0 Å². The van der Waals surface area contributed by atoms with Crippen molar-refractivity contribution in [2.75, 3.05) is 32.7 Å². The molecule has 1 rings (SSSR count). The molecule has 1 aliphatic rings. The van der Waals surface area contributed by atoms with Gasteiger partial charge in [-0.05, 0) is 32.9 Å². The largest absolute Gasteiger partial charge is 0.338 e. The molecule has 1 aliphatic heterocycles. The van der Waals surface area contributed by atoms with Crippen LogP contribution in [0.15, 0.2) is 0 Å². The number of nitrogens with one attached hydrogen (secondary N) is 3. The van der Waals surface area contributed by atoms with Crippen molar-refractivity contribution in [1.29, 1.82) is 0 Å². The fourth-order valence-electron chi connectivity index (χ4n) is 2.10. The number of imide groups is 1. The number of hydrogen-bond acceptors (Lipinski definition) is 4. The molecule has 0 aromatic heterocycles. The van der Waals surface area contributed by atoms with Crippen molar-refractivity contribution in [2.45, 2.75) is 32.7 Å². The minimum absolute atomic E-state index is 0.249. The first kappa shape index (κ1) is 14.9. The lowest BCUT2D eigenvalue weighted by Gasteiger charge is -2.23. The fraction of sp³-hybridized carbons (Fsp3) is 0.833. The fourth-order valence-corrected chi connectivity index (χ4v) is 2.10. The zero-order chi connectivity index (χ0) is 13.4. The molecule has 1 heterocycles. The molecular weight excluding hydrogens is 232 g/mol. The van der Waals surface area contributed by atoms with Crippen molar-refractivity contribution in [3.63, 3.8) is 0 Å². The monoisotopic (exact) mass is 256 g/mol. The minimum atomic E-state index is -0.419. The zero-order valence-electron chi connectivity index (χ0n) is 11.3. The summed E-state index contributed by atoms with van der Waals surface area (Å²) in [7, 11) is 0. The second-order valence-electron chi connectivity index (χ2n) is 4.53. The van der Waals surface area contributed by atoms with Crippen LogP contribution in [0.1, 0.15) is 26.7 Å². The van der Waals surface area contributed by atoms with Crippen LogP contribution >= 0.6 is 0 Å². The standard InChI is InChI=1S/C12H24N4O2/c1-3-13-12(18)15-11(17)9-16(4-2)8-10-6-5-7-14-10/h10,14H,3-9H2,1-2H3,(H2,13,15,17,18). The van der Waals surface area contributed by atoms with Crippen LogP contribution in [-0.4, -0.2) is 55.6 Å². The van der Waals surface area contributed by atoms with E-state index in [-0.39, 0.29) is 12.5 Å². The lowest BCUT2D eigenvalue weighted by Crippen LogP contribution is -2.46. The van der Waals surface area contributed by atoms with E-state index in [0.717, 1.165) is 26.1 Å². The summed E-state index contributed by atoms with van der Waals surface area (Å²) in [5.74, 6) is -0.249. The summed E-state index contributed by atoms with van der Waals surface area (Å²) in [4.78, 5) is 24.9. The molecule has 18 heavy (non-hydrogen) atoms. The van der Waals surface area contributed by atoms with Crippen LogP contribution in [0.25, 0.3) is 0 Å². The van der Waals surface area contributed by atoms with Gasteiger partial charge in [0.1, 0.15) is 0 Å². The lowest BCUT2D eigenvalue weighted by atomic mass is 10.2. The summed E-state index contributed by atoms with van der Waals surface area (Å²) in [5, 5.41) is 8.26. The van der Waals surface area contributed by atoms with Gasteiger partial charge >= 0.3 is 6.03 Å². The molecule has 0 aliphatic carbocycles. The third-order valence-electron chi connectivity index (χ3n) is 3.05. The van der Waals surface area contributed by atoms with E-state index in [0.29, 0.717) is 12.6 Å². The molecule has 0 aromatic carbocycles. The van der Waals surface area contributed by atoms with Crippen molar-refractivity contribution in [2.24, 2.45) is 0 Å². The molecule has 1 fully saturated rings. The van der Waals surface area contributed by atoms with Crippen LogP contribution in [0.4, 0.5) is 4.79 Å². The first-order valence-corrected chi connectivity index (χ1v) is 6.69. The molecule has 6 heteroatoms. The van der Waals surface area contributed by atoms with E-state index in [2.05, 4.69) is 20.9 Å². The molecule has 0 radical (unpaired) electrons. The predicted molar refractivity (Wildman–Crippen MR) is 70.4 cm³/mol. The van der Waals surface area contributed by atoms with Gasteiger partial charge in [0.05, 0.1) is 6.54 Å². The molecule has 1 saturated heterocycles. The maximum Gasteiger partial charge on any atom is 0.321 e. The smallest absolute Gasteiger partial charge is 0.321 e. The maximum absolute atomic E-state index is 11.6. The molecule has 0 spiro atoms. The maximum atomic E-state index is 11.6. The Bertz CT molecular complexity index is 277. The number of carbonyl (C=O) groups is 2. The average Bonchev–Trinajstić information content (AvgIpc) is 2.81. The summed E-state index contributed by atoms with van der Waals surface area (Å²) in [6, 6.07) is 0.0553. The Kier molecular flexibility index (Phi) is 6.67. The van der Waals surface area contributed by atoms with Crippen molar-refractivity contribution in [1.82, 2.24) is 20.9 Å². The highest BCUT2D eigenvalue weighted by atomic mass is 16.2. The van der Waals surface area contributed by atoms with Crippen LogP contribution in [0.2, 0.25) is 0 Å². The van der Waals surface area contributed by atoms with Gasteiger partial charge in [-0.3, -0.25) is 15.0 Å². The first-order valence-electron chi connectivity index (χ1n) is 6.69. The summed E-state index contributed by atoms with van der Waals surface area (Å²) in [6.07, 6.45) is 2.36. The second-order valence-corrected chi connectivity index (χ2v) is 4.53. The van der Waals surface area contributed by atoms with Gasteiger partial charge < -0.3 is 10.6 Å². The Labute approximate surface area is 108 Å². The summed E-state index contributed by atoms with van der Waals surface area (Å²) < 4.78 is 0. The number of likely N-dealkylation sites (N-methyl/N-ethyl adjacent to an activating group) is 1. The molecule has 3 amide bonds. The highest BCUT2D eigenvalue weighted by molar-refractivity contribution is 5.95. The number of amides is 3. The van der Waals surface area contributed by atoms with Crippen LogP contribution in [0.5, 0.6) is 0 Å². The van der Waals surface area contributed by atoms with Gasteiger partial charge in [0.25, 0.3) is 0 Å². The SMILES string of the molecule is CCNC(=O)NC(=O)CN(CC)CC1CCCN1. The molecule has 104 valence electrons. The van der Waals surface area contributed by atoms with E-state index >= 15 is 0 Å². The van der Waals surface area contributed by atoms with Gasteiger partial charge in [-0.25, -0.2) is 4.79 Å². The van der Waals surface area contributed by atoms with Crippen molar-refractivity contribution in [3.05, 3.63) is 0 Å². The molecule has 0 aromatic rings. The van der Waals surface area contributed by atoms with E-state index in [1.54, 1.807) is 0 Å². The molecule has 0 saturated carbocycles. The summed E-state index contributed by atoms with van der Waals surface area (Å²) in [6.45, 7) is 7.35. The number of nitrogens with zero attached hydrogens (tertiary/aromatic N) is 1. The van der Waals surface area contributed by atoms with E-state index < -0.39 is 6.03 Å². The Morgan fingerprint density at radius 2 is 2.17 bits per heavy atom. The van der Waals surface area contributed by atoms with Crippen LogP contribution in [0, 0.1) is 0 Å². The van der Waals surface area contributed by atoms with Crippen LogP contribution in [0.3, 0.4) is 0 Å². The van der Waals surface area contributed by atoms with Gasteiger partial charge in [0.2, 0.25) is 5.91 Å². The van der Waals surface area contributed by atoms with Gasteiger partial charge in [-0.1, -0.05) is 6.92 Å². The zero-order valence-corrected chi connectivity index (χ0v) is 11.3. The molecular formula is C12H24N4O2. The van der Waals surface area contributed by atoms with E-state index in [1.165, 1.54) is 6.42 Å². The van der Waals surface area contributed by atoms with Gasteiger partial charge in [0, 0.05) is 19.1 Å². The number of urea groups is 1. The second kappa shape index (κ2) is 8.05. The first-order chi connectivity index (χ1) is 8.65. The van der Waals surface area contributed by atoms with E-state index in [1.807, 2.05) is 13.8 Å². The third kappa shape index (κ3) is 5.46. The number of rotatable bonds is 6. The summed E-state index contributed by atoms with van der Waals surface area (Å²) >= 11 is 0. The quantitative estimate of drug-likeness (QED) is 0.621. The topological polar surface area (TPSA) is 73.5 Å². The van der Waals surface area contributed by atoms with Crippen molar-refractivity contribution >= 4 is 11.9 Å². The predicted octanol–water partition coefficient (Wildman–Crippen LogP) is -0.0940. The third-order valence-corrected chi connectivity index (χ3v) is 3.05. The van der Waals surface area contributed by atoms with Gasteiger partial charge in [0.15, 0.2) is 0 Å². The molecule has 6 nitrogen and oxygen atoms in total. The average molecular weight is 256 g/mol. The Hall–Kier alpha value is -1.14. The number of carbonyl (C=O) groups excluding carboxylic acids is 2. The van der Waals surface area contributed by atoms with Gasteiger partial charge in [-0.2, -0.15) is 0 Å². The Morgan fingerprint density at radius 3 is 2.72 bits per heavy atom. The number of hydrogen-bond donors (Lipinski definition) is 3.